The molecule has 0 bridgehead atoms. The smallest absolute Gasteiger partial charge is 0.328 e. The highest BCUT2D eigenvalue weighted by molar-refractivity contribution is 5.96. The summed E-state index contributed by atoms with van der Waals surface area (Å²) in [5, 5.41) is 20.3. The fourth-order valence-electron chi connectivity index (χ4n) is 2.89. The van der Waals surface area contributed by atoms with E-state index in [4.69, 9.17) is 20.7 Å². The number of nitrogens with one attached hydrogen (secondary N) is 1. The van der Waals surface area contributed by atoms with Gasteiger partial charge in [-0.05, 0) is 51.8 Å². The minimum Gasteiger partial charge on any atom is -0.496 e. The number of fused-ring (bicyclic) bond motifs is 1. The Kier molecular flexibility index (Phi) is 9.61. The number of carboxylic acids is 2. The van der Waals surface area contributed by atoms with Crippen molar-refractivity contribution in [1.29, 1.82) is 0 Å². The van der Waals surface area contributed by atoms with Gasteiger partial charge in [0.15, 0.2) is 0 Å². The number of aryl methyl sites for hydroxylation is 2. The Bertz CT molecular complexity index is 864. The molecule has 0 radical (unpaired) electrons. The van der Waals surface area contributed by atoms with Crippen molar-refractivity contribution in [3.05, 3.63) is 41.6 Å². The summed E-state index contributed by atoms with van der Waals surface area (Å²) in [6.45, 7) is 7.08. The third-order valence-electron chi connectivity index (χ3n) is 4.27. The van der Waals surface area contributed by atoms with Crippen molar-refractivity contribution in [3.8, 4) is 5.75 Å². The van der Waals surface area contributed by atoms with Gasteiger partial charge >= 0.3 is 11.9 Å². The lowest BCUT2D eigenvalue weighted by molar-refractivity contribution is -0.134. The van der Waals surface area contributed by atoms with E-state index < -0.39 is 11.9 Å². The van der Waals surface area contributed by atoms with Crippen LogP contribution in [0.4, 0.5) is 5.69 Å². The van der Waals surface area contributed by atoms with Crippen molar-refractivity contribution in [2.45, 2.75) is 39.7 Å². The first-order valence-corrected chi connectivity index (χ1v) is 9.24. The zero-order chi connectivity index (χ0) is 22.0. The number of ether oxygens (including phenoxy) is 1. The molecule has 0 amide bonds. The number of hydrogen-bond donors (Lipinski definition) is 4. The van der Waals surface area contributed by atoms with E-state index in [0.717, 1.165) is 41.9 Å². The molecule has 0 spiro atoms. The van der Waals surface area contributed by atoms with E-state index in [9.17, 15) is 9.59 Å². The lowest BCUT2D eigenvalue weighted by Crippen LogP contribution is -2.17. The fraction of sp³-hybridized carbons (Fsp3) is 0.381. The highest BCUT2D eigenvalue weighted by Crippen LogP contribution is 2.34. The molecule has 5 N–H and O–H groups in total. The van der Waals surface area contributed by atoms with Crippen LogP contribution in [0.3, 0.4) is 0 Å². The molecule has 1 aromatic carbocycles. The fourth-order valence-corrected chi connectivity index (χ4v) is 2.89. The molecular weight excluding hydrogens is 374 g/mol. The normalized spacial score (nSPS) is 11.6. The van der Waals surface area contributed by atoms with E-state index >= 15 is 0 Å². The Balaban J connectivity index is 0.000000447. The topological polar surface area (TPSA) is 135 Å². The SMILES string of the molecule is COc1cc(NC(C)CCCN)c2nccc(C)c2c1C.O=C(O)/C=C/C(=O)O. The molecule has 8 nitrogen and oxygen atoms in total. The third kappa shape index (κ3) is 7.42. The van der Waals surface area contributed by atoms with Crippen LogP contribution in [0.5, 0.6) is 5.75 Å². The minimum absolute atomic E-state index is 0.353. The van der Waals surface area contributed by atoms with Crippen molar-refractivity contribution < 1.29 is 24.5 Å². The monoisotopic (exact) mass is 403 g/mol. The molecule has 2 aromatic rings. The summed E-state index contributed by atoms with van der Waals surface area (Å²) in [5.74, 6) is -1.62. The summed E-state index contributed by atoms with van der Waals surface area (Å²) in [5.41, 5.74) is 9.98. The molecule has 1 heterocycles. The second kappa shape index (κ2) is 11.7. The van der Waals surface area contributed by atoms with Gasteiger partial charge in [0.25, 0.3) is 0 Å². The van der Waals surface area contributed by atoms with E-state index in [2.05, 4.69) is 31.1 Å². The van der Waals surface area contributed by atoms with E-state index in [1.807, 2.05) is 18.3 Å². The maximum absolute atomic E-state index is 9.55. The van der Waals surface area contributed by atoms with Crippen molar-refractivity contribution in [3.63, 3.8) is 0 Å². The molecule has 1 atom stereocenters. The molecule has 0 fully saturated rings. The number of methoxy groups -OCH3 is 1. The molecule has 0 aliphatic heterocycles. The van der Waals surface area contributed by atoms with Crippen LogP contribution in [0.1, 0.15) is 30.9 Å². The number of anilines is 1. The Labute approximate surface area is 170 Å². The van der Waals surface area contributed by atoms with E-state index in [1.165, 1.54) is 10.9 Å². The number of nitrogens with two attached hydrogens (primary N) is 1. The first-order valence-electron chi connectivity index (χ1n) is 9.24. The van der Waals surface area contributed by atoms with E-state index in [0.29, 0.717) is 18.2 Å². The van der Waals surface area contributed by atoms with E-state index in [-0.39, 0.29) is 0 Å². The van der Waals surface area contributed by atoms with Gasteiger partial charge < -0.3 is 26.0 Å². The second-order valence-corrected chi connectivity index (χ2v) is 6.59. The van der Waals surface area contributed by atoms with Crippen LogP contribution in [0.25, 0.3) is 10.9 Å². The summed E-state index contributed by atoms with van der Waals surface area (Å²) in [4.78, 5) is 23.7. The first-order chi connectivity index (χ1) is 13.7. The van der Waals surface area contributed by atoms with Crippen molar-refractivity contribution >= 4 is 28.5 Å². The van der Waals surface area contributed by atoms with Crippen LogP contribution in [-0.4, -0.2) is 46.8 Å². The van der Waals surface area contributed by atoms with Crippen LogP contribution < -0.4 is 15.8 Å². The lowest BCUT2D eigenvalue weighted by Gasteiger charge is -2.19. The number of carboxylic acid groups (broad SMARTS) is 2. The average Bonchev–Trinajstić information content (AvgIpc) is 2.67. The third-order valence-corrected chi connectivity index (χ3v) is 4.27. The summed E-state index contributed by atoms with van der Waals surface area (Å²) >= 11 is 0. The van der Waals surface area contributed by atoms with Crippen molar-refractivity contribution in [2.24, 2.45) is 5.73 Å². The number of aliphatic carboxylic acids is 2. The Hall–Kier alpha value is -3.13. The molecule has 0 aliphatic carbocycles. The number of benzene rings is 1. The minimum atomic E-state index is -1.26. The van der Waals surface area contributed by atoms with Crippen LogP contribution in [-0.2, 0) is 9.59 Å². The van der Waals surface area contributed by atoms with Gasteiger partial charge in [-0.2, -0.15) is 0 Å². The largest absolute Gasteiger partial charge is 0.496 e. The van der Waals surface area contributed by atoms with Crippen LogP contribution in [0.15, 0.2) is 30.5 Å². The summed E-state index contributed by atoms with van der Waals surface area (Å²) < 4.78 is 5.52. The van der Waals surface area contributed by atoms with Crippen LogP contribution >= 0.6 is 0 Å². The number of pyridine rings is 1. The molecule has 0 saturated heterocycles. The summed E-state index contributed by atoms with van der Waals surface area (Å²) in [6, 6.07) is 4.44. The molecule has 1 aromatic heterocycles. The van der Waals surface area contributed by atoms with Gasteiger partial charge in [0.1, 0.15) is 5.75 Å². The molecule has 0 saturated carbocycles. The zero-order valence-corrected chi connectivity index (χ0v) is 17.2. The average molecular weight is 403 g/mol. The zero-order valence-electron chi connectivity index (χ0n) is 17.2. The number of carbonyl (C=O) groups is 2. The maximum Gasteiger partial charge on any atom is 0.328 e. The summed E-state index contributed by atoms with van der Waals surface area (Å²) in [6.07, 6.45) is 5.03. The summed E-state index contributed by atoms with van der Waals surface area (Å²) in [7, 11) is 1.71. The molecule has 158 valence electrons. The second-order valence-electron chi connectivity index (χ2n) is 6.59. The van der Waals surface area contributed by atoms with Crippen LogP contribution in [0, 0.1) is 13.8 Å². The van der Waals surface area contributed by atoms with Gasteiger partial charge in [-0.1, -0.05) is 0 Å². The predicted molar refractivity (Wildman–Crippen MR) is 114 cm³/mol. The molecule has 2 rings (SSSR count). The van der Waals surface area contributed by atoms with Crippen molar-refractivity contribution in [2.75, 3.05) is 19.0 Å². The highest BCUT2D eigenvalue weighted by Gasteiger charge is 2.14. The van der Waals surface area contributed by atoms with Gasteiger partial charge in [-0.15, -0.1) is 0 Å². The maximum atomic E-state index is 9.55. The number of rotatable bonds is 8. The molecule has 29 heavy (non-hydrogen) atoms. The highest BCUT2D eigenvalue weighted by atomic mass is 16.5. The lowest BCUT2D eigenvalue weighted by atomic mass is 10.0. The van der Waals surface area contributed by atoms with Gasteiger partial charge in [0, 0.05) is 41.4 Å². The van der Waals surface area contributed by atoms with Gasteiger partial charge in [0.05, 0.1) is 18.3 Å². The molecule has 1 unspecified atom stereocenters. The first kappa shape index (κ1) is 23.9. The molecule has 0 aliphatic rings. The number of nitrogens with zero attached hydrogens (tertiary/aromatic N) is 1. The number of aromatic nitrogens is 1. The quantitative estimate of drug-likeness (QED) is 0.494. The van der Waals surface area contributed by atoms with Gasteiger partial charge in [-0.3, -0.25) is 4.98 Å². The Morgan fingerprint density at radius 3 is 2.41 bits per heavy atom. The molecular formula is C21H29N3O5. The van der Waals surface area contributed by atoms with Gasteiger partial charge in [-0.25, -0.2) is 9.59 Å². The Morgan fingerprint density at radius 2 is 1.90 bits per heavy atom. The van der Waals surface area contributed by atoms with Crippen molar-refractivity contribution in [1.82, 2.24) is 4.98 Å². The standard InChI is InChI=1S/C17H25N3O.C4H4O4/c1-11-7-9-19-17-14(20-12(2)6-5-8-18)10-15(21-4)13(3)16(11)17;5-3(6)1-2-4(7)8/h7,9-10,12,20H,5-6,8,18H2,1-4H3;1-2H,(H,5,6)(H,7,8)/b;2-1+. The van der Waals surface area contributed by atoms with Gasteiger partial charge in [0.2, 0.25) is 0 Å². The predicted octanol–water partition coefficient (Wildman–Crippen LogP) is 3.11. The Morgan fingerprint density at radius 1 is 1.28 bits per heavy atom. The number of hydrogen-bond acceptors (Lipinski definition) is 6. The van der Waals surface area contributed by atoms with Crippen LogP contribution in [0.2, 0.25) is 0 Å². The van der Waals surface area contributed by atoms with E-state index in [1.54, 1.807) is 7.11 Å². The molecule has 8 heteroatoms.